The molecule has 1 aromatic rings. The van der Waals surface area contributed by atoms with Crippen LogP contribution < -0.4 is 10.6 Å². The molecule has 0 spiro atoms. The molecule has 7 heteroatoms. The zero-order valence-corrected chi connectivity index (χ0v) is 12.6. The van der Waals surface area contributed by atoms with Crippen LogP contribution in [0, 0.1) is 0 Å². The average Bonchev–Trinajstić information content (AvgIpc) is 2.87. The topological polar surface area (TPSA) is 95.5 Å². The van der Waals surface area contributed by atoms with Gasteiger partial charge in [0.2, 0.25) is 5.91 Å². The zero-order chi connectivity index (χ0) is 15.5. The quantitative estimate of drug-likeness (QED) is 0.794. The van der Waals surface area contributed by atoms with E-state index in [9.17, 15) is 19.5 Å². The first kappa shape index (κ1) is 15.5. The number of anilines is 1. The van der Waals surface area contributed by atoms with E-state index in [-0.39, 0.29) is 5.91 Å². The maximum absolute atomic E-state index is 12.2. The highest BCUT2D eigenvalue weighted by atomic mass is 32.1. The molecular formula is C14H18N2O4S. The highest BCUT2D eigenvalue weighted by Crippen LogP contribution is 2.30. The number of carbonyl (C=O) groups excluding carboxylic acids is 2. The van der Waals surface area contributed by atoms with Gasteiger partial charge in [-0.15, -0.1) is 11.3 Å². The Morgan fingerprint density at radius 3 is 2.43 bits per heavy atom. The average molecular weight is 310 g/mol. The van der Waals surface area contributed by atoms with Crippen molar-refractivity contribution in [3.05, 3.63) is 17.0 Å². The fourth-order valence-corrected chi connectivity index (χ4v) is 3.37. The van der Waals surface area contributed by atoms with Gasteiger partial charge >= 0.3 is 5.97 Å². The summed E-state index contributed by atoms with van der Waals surface area (Å²) in [5, 5.41) is 15.3. The Hall–Kier alpha value is -1.89. The summed E-state index contributed by atoms with van der Waals surface area (Å²) in [5.74, 6) is -1.59. The Labute approximate surface area is 126 Å². The molecular weight excluding hydrogens is 292 g/mol. The first-order chi connectivity index (χ1) is 9.93. The number of carboxylic acid groups (broad SMARTS) is 1. The first-order valence-electron chi connectivity index (χ1n) is 6.86. The van der Waals surface area contributed by atoms with Gasteiger partial charge in [0.05, 0.1) is 9.88 Å². The van der Waals surface area contributed by atoms with Gasteiger partial charge in [-0.2, -0.15) is 0 Å². The summed E-state index contributed by atoms with van der Waals surface area (Å²) in [7, 11) is 0. The van der Waals surface area contributed by atoms with Crippen LogP contribution in [-0.4, -0.2) is 28.4 Å². The molecule has 0 saturated heterocycles. The number of nitrogens with one attached hydrogen (secondary N) is 2. The third-order valence-corrected chi connectivity index (χ3v) is 4.60. The Kier molecular flexibility index (Phi) is 4.62. The monoisotopic (exact) mass is 310 g/mol. The lowest BCUT2D eigenvalue weighted by Crippen LogP contribution is -2.55. The summed E-state index contributed by atoms with van der Waals surface area (Å²) >= 11 is 1.13. The summed E-state index contributed by atoms with van der Waals surface area (Å²) in [6.07, 6.45) is 3.51. The molecule has 21 heavy (non-hydrogen) atoms. The third-order valence-electron chi connectivity index (χ3n) is 3.60. The van der Waals surface area contributed by atoms with Gasteiger partial charge in [0.25, 0.3) is 5.91 Å². The number of carbonyl (C=O) groups is 3. The van der Waals surface area contributed by atoms with Crippen LogP contribution in [0.1, 0.15) is 48.7 Å². The number of carboxylic acids is 1. The van der Waals surface area contributed by atoms with Gasteiger partial charge in [-0.05, 0) is 25.0 Å². The first-order valence-corrected chi connectivity index (χ1v) is 7.68. The van der Waals surface area contributed by atoms with Gasteiger partial charge in [0, 0.05) is 6.92 Å². The molecule has 0 aromatic carbocycles. The summed E-state index contributed by atoms with van der Waals surface area (Å²) < 4.78 is 0. The van der Waals surface area contributed by atoms with E-state index in [1.54, 1.807) is 12.1 Å². The summed E-state index contributed by atoms with van der Waals surface area (Å²) in [6.45, 7) is 1.39. The van der Waals surface area contributed by atoms with Crippen molar-refractivity contribution < 1.29 is 19.5 Å². The fourth-order valence-electron chi connectivity index (χ4n) is 2.53. The Bertz CT molecular complexity index is 561. The van der Waals surface area contributed by atoms with Crippen LogP contribution in [0.5, 0.6) is 0 Å². The molecule has 6 nitrogen and oxygen atoms in total. The van der Waals surface area contributed by atoms with Gasteiger partial charge in [-0.1, -0.05) is 19.3 Å². The molecule has 1 fully saturated rings. The SMILES string of the molecule is CC(=O)Nc1ccc(C(=O)NC2(C(=O)O)CCCCC2)s1. The minimum absolute atomic E-state index is 0.210. The molecule has 0 radical (unpaired) electrons. The van der Waals surface area contributed by atoms with E-state index in [4.69, 9.17) is 0 Å². The van der Waals surface area contributed by atoms with Crippen LogP contribution in [0.15, 0.2) is 12.1 Å². The van der Waals surface area contributed by atoms with Crippen molar-refractivity contribution in [2.24, 2.45) is 0 Å². The highest BCUT2D eigenvalue weighted by Gasteiger charge is 2.41. The molecule has 3 N–H and O–H groups in total. The largest absolute Gasteiger partial charge is 0.480 e. The van der Waals surface area contributed by atoms with Gasteiger partial charge in [-0.25, -0.2) is 4.79 Å². The maximum atomic E-state index is 12.2. The number of hydrogen-bond donors (Lipinski definition) is 3. The molecule has 2 rings (SSSR count). The second-order valence-corrected chi connectivity index (χ2v) is 6.33. The normalized spacial score (nSPS) is 17.0. The maximum Gasteiger partial charge on any atom is 0.329 e. The Balaban J connectivity index is 2.10. The van der Waals surface area contributed by atoms with Gasteiger partial charge in [0.1, 0.15) is 5.54 Å². The molecule has 1 aliphatic rings. The predicted molar refractivity (Wildman–Crippen MR) is 79.5 cm³/mol. The Morgan fingerprint density at radius 1 is 1.19 bits per heavy atom. The standard InChI is InChI=1S/C14H18N2O4S/c1-9(17)15-11-6-5-10(21-11)12(18)16-14(13(19)20)7-3-2-4-8-14/h5-6H,2-4,7-8H2,1H3,(H,15,17)(H,16,18)(H,19,20). The lowest BCUT2D eigenvalue weighted by Gasteiger charge is -2.33. The van der Waals surface area contributed by atoms with Crippen LogP contribution in [0.3, 0.4) is 0 Å². The van der Waals surface area contributed by atoms with Crippen LogP contribution in [0.4, 0.5) is 5.00 Å². The van der Waals surface area contributed by atoms with Crippen molar-refractivity contribution >= 4 is 34.1 Å². The van der Waals surface area contributed by atoms with Crippen molar-refractivity contribution in [3.8, 4) is 0 Å². The van der Waals surface area contributed by atoms with Gasteiger partial charge in [-0.3, -0.25) is 9.59 Å². The summed E-state index contributed by atoms with van der Waals surface area (Å²) in [5.41, 5.74) is -1.16. The number of hydrogen-bond acceptors (Lipinski definition) is 4. The minimum atomic E-state index is -1.16. The summed E-state index contributed by atoms with van der Waals surface area (Å²) in [6, 6.07) is 3.22. The van der Waals surface area contributed by atoms with Crippen molar-refractivity contribution in [1.29, 1.82) is 0 Å². The third kappa shape index (κ3) is 3.60. The van der Waals surface area contributed by atoms with E-state index >= 15 is 0 Å². The van der Waals surface area contributed by atoms with Crippen LogP contribution in [0.2, 0.25) is 0 Å². The molecule has 1 aromatic heterocycles. The molecule has 0 atom stereocenters. The number of rotatable bonds is 4. The minimum Gasteiger partial charge on any atom is -0.480 e. The van der Waals surface area contributed by atoms with Crippen molar-refractivity contribution in [2.45, 2.75) is 44.6 Å². The van der Waals surface area contributed by atoms with Gasteiger partial charge in [0.15, 0.2) is 0 Å². The van der Waals surface area contributed by atoms with Crippen LogP contribution in [-0.2, 0) is 9.59 Å². The number of aliphatic carboxylic acids is 1. The Morgan fingerprint density at radius 2 is 1.86 bits per heavy atom. The predicted octanol–water partition coefficient (Wildman–Crippen LogP) is 2.22. The molecule has 2 amide bonds. The molecule has 114 valence electrons. The second-order valence-electron chi connectivity index (χ2n) is 5.25. The van der Waals surface area contributed by atoms with E-state index in [0.717, 1.165) is 30.6 Å². The van der Waals surface area contributed by atoms with Crippen molar-refractivity contribution in [1.82, 2.24) is 5.32 Å². The van der Waals surface area contributed by atoms with Crippen molar-refractivity contribution in [2.75, 3.05) is 5.32 Å². The number of amides is 2. The molecule has 0 bridgehead atoms. The molecule has 0 unspecified atom stereocenters. The lowest BCUT2D eigenvalue weighted by molar-refractivity contribution is -0.145. The lowest BCUT2D eigenvalue weighted by atomic mass is 9.81. The van der Waals surface area contributed by atoms with Crippen LogP contribution >= 0.6 is 11.3 Å². The van der Waals surface area contributed by atoms with E-state index in [2.05, 4.69) is 10.6 Å². The van der Waals surface area contributed by atoms with E-state index in [0.29, 0.717) is 22.7 Å². The van der Waals surface area contributed by atoms with E-state index < -0.39 is 17.4 Å². The smallest absolute Gasteiger partial charge is 0.329 e. The molecule has 1 aliphatic carbocycles. The van der Waals surface area contributed by atoms with E-state index in [1.807, 2.05) is 0 Å². The fraction of sp³-hybridized carbons (Fsp3) is 0.500. The molecule has 1 saturated carbocycles. The molecule has 0 aliphatic heterocycles. The number of thiophene rings is 1. The zero-order valence-electron chi connectivity index (χ0n) is 11.8. The van der Waals surface area contributed by atoms with Crippen LogP contribution in [0.25, 0.3) is 0 Å². The van der Waals surface area contributed by atoms with Crippen molar-refractivity contribution in [3.63, 3.8) is 0 Å². The summed E-state index contributed by atoms with van der Waals surface area (Å²) in [4.78, 5) is 35.1. The second kappa shape index (κ2) is 6.26. The van der Waals surface area contributed by atoms with Gasteiger partial charge < -0.3 is 15.7 Å². The molecule has 1 heterocycles. The highest BCUT2D eigenvalue weighted by molar-refractivity contribution is 7.18. The van der Waals surface area contributed by atoms with E-state index in [1.165, 1.54) is 6.92 Å².